The molecule has 0 bridgehead atoms. The third-order valence-electron chi connectivity index (χ3n) is 3.05. The molecule has 0 spiro atoms. The Bertz CT molecular complexity index is 672. The fourth-order valence-electron chi connectivity index (χ4n) is 2.22. The van der Waals surface area contributed by atoms with E-state index in [1.165, 1.54) is 0 Å². The second-order valence-corrected chi connectivity index (χ2v) is 6.18. The molecule has 23 heavy (non-hydrogen) atoms. The summed E-state index contributed by atoms with van der Waals surface area (Å²) < 4.78 is 25.0. The Hall–Kier alpha value is -2.08. The molecule has 0 aromatic heterocycles. The first-order valence-electron chi connectivity index (χ1n) is 7.10. The highest BCUT2D eigenvalue weighted by atomic mass is 32.2. The summed E-state index contributed by atoms with van der Waals surface area (Å²) in [6.45, 7) is 4.03. The maximum absolute atomic E-state index is 12.5. The number of nitrogens with one attached hydrogen (secondary N) is 2. The third kappa shape index (κ3) is 5.56. The molecule has 122 valence electrons. The summed E-state index contributed by atoms with van der Waals surface area (Å²) in [5, 5.41) is 5.70. The smallest absolute Gasteiger partial charge is 0.288 e. The Balaban J connectivity index is 1.97. The monoisotopic (exact) mass is 336 g/mol. The second kappa shape index (κ2) is 7.97. The summed E-state index contributed by atoms with van der Waals surface area (Å²) in [7, 11) is 0. The average Bonchev–Trinajstić information content (AvgIpc) is 2.46. The van der Waals surface area contributed by atoms with E-state index in [9.17, 15) is 13.6 Å². The van der Waals surface area contributed by atoms with Crippen LogP contribution in [0.5, 0.6) is 0 Å². The number of para-hydroxylation sites is 1. The van der Waals surface area contributed by atoms with Crippen molar-refractivity contribution in [1.29, 1.82) is 0 Å². The van der Waals surface area contributed by atoms with Gasteiger partial charge in [-0.1, -0.05) is 30.0 Å². The fourth-order valence-corrected chi connectivity index (χ4v) is 2.82. The molecule has 2 rings (SSSR count). The number of halogens is 2. The van der Waals surface area contributed by atoms with Gasteiger partial charge in [-0.15, -0.1) is 0 Å². The minimum Gasteiger partial charge on any atom is -0.376 e. The maximum atomic E-state index is 12.5. The summed E-state index contributed by atoms with van der Waals surface area (Å²) in [5.41, 5.74) is 3.45. The van der Waals surface area contributed by atoms with Gasteiger partial charge in [0.1, 0.15) is 0 Å². The second-order valence-electron chi connectivity index (χ2n) is 5.15. The Morgan fingerprint density at radius 3 is 2.43 bits per heavy atom. The molecule has 0 saturated heterocycles. The number of amides is 1. The lowest BCUT2D eigenvalue weighted by Gasteiger charge is -2.12. The normalized spacial score (nSPS) is 10.7. The maximum Gasteiger partial charge on any atom is 0.288 e. The molecule has 3 nitrogen and oxygen atoms in total. The van der Waals surface area contributed by atoms with Crippen LogP contribution in [-0.4, -0.2) is 18.2 Å². The van der Waals surface area contributed by atoms with Gasteiger partial charge in [-0.25, -0.2) is 0 Å². The van der Waals surface area contributed by atoms with Crippen LogP contribution in [0, 0.1) is 13.8 Å². The summed E-state index contributed by atoms with van der Waals surface area (Å²) in [6, 6.07) is 12.5. The van der Waals surface area contributed by atoms with Crippen molar-refractivity contribution in [2.45, 2.75) is 24.5 Å². The molecule has 0 radical (unpaired) electrons. The highest BCUT2D eigenvalue weighted by Crippen LogP contribution is 2.31. The number of hydrogen-bond acceptors (Lipinski definition) is 3. The van der Waals surface area contributed by atoms with E-state index in [0.717, 1.165) is 16.8 Å². The standard InChI is InChI=1S/C17H18F2N2OS/c1-11-7-12(2)9-13(8-11)20-10-16(22)21-14-5-3-4-6-15(14)23-17(18)19/h3-9,17,20H,10H2,1-2H3,(H,21,22). The molecule has 0 unspecified atom stereocenters. The topological polar surface area (TPSA) is 41.1 Å². The van der Waals surface area contributed by atoms with E-state index < -0.39 is 5.76 Å². The van der Waals surface area contributed by atoms with Crippen LogP contribution >= 0.6 is 11.8 Å². The third-order valence-corrected chi connectivity index (χ3v) is 3.84. The SMILES string of the molecule is Cc1cc(C)cc(NCC(=O)Nc2ccccc2SC(F)F)c1. The zero-order chi connectivity index (χ0) is 16.8. The van der Waals surface area contributed by atoms with Crippen molar-refractivity contribution < 1.29 is 13.6 Å². The van der Waals surface area contributed by atoms with Gasteiger partial charge < -0.3 is 10.6 Å². The van der Waals surface area contributed by atoms with Crippen LogP contribution in [0.4, 0.5) is 20.2 Å². The summed E-state index contributed by atoms with van der Waals surface area (Å²) >= 11 is 0.417. The number of thioether (sulfide) groups is 1. The first-order chi connectivity index (χ1) is 10.9. The Kier molecular flexibility index (Phi) is 5.98. The van der Waals surface area contributed by atoms with Crippen molar-refractivity contribution >= 4 is 29.0 Å². The summed E-state index contributed by atoms with van der Waals surface area (Å²) in [5.74, 6) is -2.81. The molecule has 0 atom stereocenters. The van der Waals surface area contributed by atoms with Gasteiger partial charge in [0.25, 0.3) is 5.76 Å². The van der Waals surface area contributed by atoms with Crippen LogP contribution in [0.25, 0.3) is 0 Å². The molecule has 1 amide bonds. The molecule has 2 N–H and O–H groups in total. The highest BCUT2D eigenvalue weighted by molar-refractivity contribution is 7.99. The van der Waals surface area contributed by atoms with Gasteiger partial charge in [0, 0.05) is 10.6 Å². The number of rotatable bonds is 6. The molecule has 2 aromatic rings. The minimum absolute atomic E-state index is 0.0660. The van der Waals surface area contributed by atoms with Gasteiger partial charge in [0.15, 0.2) is 0 Å². The quantitative estimate of drug-likeness (QED) is 0.753. The van der Waals surface area contributed by atoms with Crippen molar-refractivity contribution in [2.24, 2.45) is 0 Å². The van der Waals surface area contributed by atoms with E-state index >= 15 is 0 Å². The van der Waals surface area contributed by atoms with Crippen molar-refractivity contribution in [3.63, 3.8) is 0 Å². The predicted octanol–water partition coefficient (Wildman–Crippen LogP) is 4.67. The van der Waals surface area contributed by atoms with Gasteiger partial charge in [0.05, 0.1) is 12.2 Å². The van der Waals surface area contributed by atoms with Crippen molar-refractivity contribution in [2.75, 3.05) is 17.2 Å². The van der Waals surface area contributed by atoms with Crippen LogP contribution in [0.2, 0.25) is 0 Å². The zero-order valence-electron chi connectivity index (χ0n) is 12.9. The molecule has 0 saturated carbocycles. The van der Waals surface area contributed by atoms with Gasteiger partial charge in [0.2, 0.25) is 5.91 Å². The van der Waals surface area contributed by atoms with Crippen molar-refractivity contribution in [3.05, 3.63) is 53.6 Å². The zero-order valence-corrected chi connectivity index (χ0v) is 13.7. The Morgan fingerprint density at radius 2 is 1.78 bits per heavy atom. The van der Waals surface area contributed by atoms with E-state index in [0.29, 0.717) is 22.3 Å². The number of hydrogen-bond donors (Lipinski definition) is 2. The molecule has 2 aromatic carbocycles. The predicted molar refractivity (Wildman–Crippen MR) is 91.3 cm³/mol. The molecule has 0 aliphatic heterocycles. The number of carbonyl (C=O) groups is 1. The number of anilines is 2. The van der Waals surface area contributed by atoms with Crippen LogP contribution in [0.3, 0.4) is 0 Å². The summed E-state index contributed by atoms with van der Waals surface area (Å²) in [4.78, 5) is 12.4. The van der Waals surface area contributed by atoms with Gasteiger partial charge >= 0.3 is 0 Å². The van der Waals surface area contributed by atoms with Crippen molar-refractivity contribution in [3.8, 4) is 0 Å². The number of alkyl halides is 2. The van der Waals surface area contributed by atoms with Crippen LogP contribution < -0.4 is 10.6 Å². The molecule has 0 aliphatic rings. The average molecular weight is 336 g/mol. The first kappa shape index (κ1) is 17.3. The van der Waals surface area contributed by atoms with E-state index in [4.69, 9.17) is 0 Å². The van der Waals surface area contributed by atoms with Crippen LogP contribution in [-0.2, 0) is 4.79 Å². The largest absolute Gasteiger partial charge is 0.376 e. The molecular formula is C17H18F2N2OS. The molecule has 0 fully saturated rings. The van der Waals surface area contributed by atoms with Crippen LogP contribution in [0.15, 0.2) is 47.4 Å². The van der Waals surface area contributed by atoms with E-state index in [1.807, 2.05) is 32.0 Å². The Morgan fingerprint density at radius 1 is 1.13 bits per heavy atom. The summed E-state index contributed by atoms with van der Waals surface area (Å²) in [6.07, 6.45) is 0. The van der Waals surface area contributed by atoms with Gasteiger partial charge in [-0.3, -0.25) is 4.79 Å². The van der Waals surface area contributed by atoms with Crippen LogP contribution in [0.1, 0.15) is 11.1 Å². The molecule has 6 heteroatoms. The van der Waals surface area contributed by atoms with Gasteiger partial charge in [-0.05, 0) is 49.2 Å². The molecule has 0 heterocycles. The molecular weight excluding hydrogens is 318 g/mol. The van der Waals surface area contributed by atoms with E-state index in [1.54, 1.807) is 24.3 Å². The van der Waals surface area contributed by atoms with E-state index in [-0.39, 0.29) is 12.5 Å². The lowest BCUT2D eigenvalue weighted by Crippen LogP contribution is -2.22. The van der Waals surface area contributed by atoms with Gasteiger partial charge in [-0.2, -0.15) is 8.78 Å². The number of aryl methyl sites for hydroxylation is 2. The first-order valence-corrected chi connectivity index (χ1v) is 7.98. The van der Waals surface area contributed by atoms with Crippen molar-refractivity contribution in [1.82, 2.24) is 0 Å². The minimum atomic E-state index is -2.53. The number of benzene rings is 2. The number of carbonyl (C=O) groups excluding carboxylic acids is 1. The highest BCUT2D eigenvalue weighted by Gasteiger charge is 2.11. The lowest BCUT2D eigenvalue weighted by atomic mass is 10.1. The fraction of sp³-hybridized carbons (Fsp3) is 0.235. The molecule has 0 aliphatic carbocycles. The van der Waals surface area contributed by atoms with E-state index in [2.05, 4.69) is 10.6 Å². The Labute approximate surface area is 138 Å². The lowest BCUT2D eigenvalue weighted by molar-refractivity contribution is -0.114.